The molecule has 0 aliphatic heterocycles. The van der Waals surface area contributed by atoms with Crippen molar-refractivity contribution in [3.8, 4) is 5.69 Å². The number of nitrogens with two attached hydrogens (primary N) is 1. The maximum Gasteiger partial charge on any atom is 0.274 e. The molecule has 3 rings (SSSR count). The van der Waals surface area contributed by atoms with Gasteiger partial charge in [0.05, 0.1) is 5.69 Å². The number of rotatable bonds is 3. The van der Waals surface area contributed by atoms with Gasteiger partial charge in [-0.15, -0.1) is 0 Å². The first-order valence-electron chi connectivity index (χ1n) is 6.34. The quantitative estimate of drug-likeness (QED) is 0.850. The van der Waals surface area contributed by atoms with Crippen LogP contribution in [0.15, 0.2) is 36.5 Å². The maximum atomic E-state index is 12.2. The monoisotopic (exact) mass is 256 g/mol. The number of benzene rings is 1. The van der Waals surface area contributed by atoms with E-state index in [0.29, 0.717) is 17.4 Å². The molecular formula is C14H16N4O. The van der Waals surface area contributed by atoms with Gasteiger partial charge in [-0.3, -0.25) is 4.79 Å². The van der Waals surface area contributed by atoms with E-state index in [4.69, 9.17) is 5.73 Å². The molecule has 0 bridgehead atoms. The Morgan fingerprint density at radius 3 is 2.63 bits per heavy atom. The van der Waals surface area contributed by atoms with Crippen LogP contribution in [0.1, 0.15) is 23.3 Å². The van der Waals surface area contributed by atoms with E-state index in [2.05, 4.69) is 5.10 Å². The van der Waals surface area contributed by atoms with Crippen LogP contribution < -0.4 is 5.73 Å². The summed E-state index contributed by atoms with van der Waals surface area (Å²) in [5, 5.41) is 4.33. The summed E-state index contributed by atoms with van der Waals surface area (Å²) in [6.45, 7) is 0. The van der Waals surface area contributed by atoms with Crippen molar-refractivity contribution in [1.29, 1.82) is 0 Å². The molecule has 5 nitrogen and oxygen atoms in total. The highest BCUT2D eigenvalue weighted by molar-refractivity contribution is 5.92. The van der Waals surface area contributed by atoms with E-state index in [0.717, 1.165) is 18.5 Å². The fraction of sp³-hybridized carbons (Fsp3) is 0.286. The van der Waals surface area contributed by atoms with Crippen molar-refractivity contribution in [1.82, 2.24) is 14.7 Å². The summed E-state index contributed by atoms with van der Waals surface area (Å²) in [6.07, 6.45) is 3.99. The van der Waals surface area contributed by atoms with Gasteiger partial charge in [-0.05, 0) is 43.2 Å². The molecule has 1 heterocycles. The molecule has 2 N–H and O–H groups in total. The number of anilines is 1. The third-order valence-electron chi connectivity index (χ3n) is 3.38. The topological polar surface area (TPSA) is 64.2 Å². The molecule has 19 heavy (non-hydrogen) atoms. The lowest BCUT2D eigenvalue weighted by Crippen LogP contribution is -2.29. The normalized spacial score (nSPS) is 14.4. The average Bonchev–Trinajstić information content (AvgIpc) is 3.16. The number of nitrogen functional groups attached to an aromatic ring is 1. The Kier molecular flexibility index (Phi) is 2.74. The zero-order chi connectivity index (χ0) is 13.4. The van der Waals surface area contributed by atoms with Crippen molar-refractivity contribution in [2.75, 3.05) is 12.8 Å². The van der Waals surface area contributed by atoms with Crippen LogP contribution in [0.4, 0.5) is 5.69 Å². The van der Waals surface area contributed by atoms with Crippen LogP contribution in [0.5, 0.6) is 0 Å². The maximum absolute atomic E-state index is 12.2. The van der Waals surface area contributed by atoms with Crippen molar-refractivity contribution < 1.29 is 4.79 Å². The molecule has 0 atom stereocenters. The van der Waals surface area contributed by atoms with Crippen LogP contribution in [0.3, 0.4) is 0 Å². The minimum Gasteiger partial charge on any atom is -0.399 e. The molecule has 1 amide bonds. The highest BCUT2D eigenvalue weighted by Crippen LogP contribution is 2.26. The van der Waals surface area contributed by atoms with Crippen LogP contribution >= 0.6 is 0 Å². The Bertz CT molecular complexity index is 598. The molecule has 98 valence electrons. The number of nitrogens with zero attached hydrogens (tertiary/aromatic N) is 3. The predicted molar refractivity (Wildman–Crippen MR) is 73.1 cm³/mol. The summed E-state index contributed by atoms with van der Waals surface area (Å²) < 4.78 is 1.69. The summed E-state index contributed by atoms with van der Waals surface area (Å²) in [7, 11) is 1.84. The van der Waals surface area contributed by atoms with E-state index in [1.54, 1.807) is 21.8 Å². The summed E-state index contributed by atoms with van der Waals surface area (Å²) >= 11 is 0. The molecule has 0 spiro atoms. The largest absolute Gasteiger partial charge is 0.399 e. The summed E-state index contributed by atoms with van der Waals surface area (Å²) in [6, 6.07) is 9.53. The van der Waals surface area contributed by atoms with Gasteiger partial charge in [-0.1, -0.05) is 0 Å². The Balaban J connectivity index is 1.82. The molecule has 5 heteroatoms. The number of amides is 1. The first-order valence-corrected chi connectivity index (χ1v) is 6.34. The van der Waals surface area contributed by atoms with Gasteiger partial charge >= 0.3 is 0 Å². The van der Waals surface area contributed by atoms with Crippen molar-refractivity contribution in [2.24, 2.45) is 0 Å². The molecule has 1 fully saturated rings. The highest BCUT2D eigenvalue weighted by Gasteiger charge is 2.30. The lowest BCUT2D eigenvalue weighted by atomic mass is 10.3. The van der Waals surface area contributed by atoms with Crippen LogP contribution in [-0.4, -0.2) is 33.7 Å². The standard InChI is InChI=1S/C14H16N4O/c1-17(11-6-7-11)14(19)13-8-9-18(16-13)12-4-2-10(15)3-5-12/h2-5,8-9,11H,6-7,15H2,1H3. The third kappa shape index (κ3) is 2.31. The van der Waals surface area contributed by atoms with Crippen molar-refractivity contribution in [2.45, 2.75) is 18.9 Å². The predicted octanol–water partition coefficient (Wildman–Crippen LogP) is 1.69. The highest BCUT2D eigenvalue weighted by atomic mass is 16.2. The molecule has 1 aliphatic rings. The van der Waals surface area contributed by atoms with Crippen molar-refractivity contribution in [3.05, 3.63) is 42.2 Å². The molecule has 0 saturated heterocycles. The van der Waals surface area contributed by atoms with Gasteiger partial charge < -0.3 is 10.6 Å². The first kappa shape index (κ1) is 11.8. The number of hydrogen-bond donors (Lipinski definition) is 1. The fourth-order valence-corrected chi connectivity index (χ4v) is 2.02. The smallest absolute Gasteiger partial charge is 0.274 e. The molecular weight excluding hydrogens is 240 g/mol. The van der Waals surface area contributed by atoms with Gasteiger partial charge in [0, 0.05) is 25.0 Å². The number of carbonyl (C=O) groups is 1. The van der Waals surface area contributed by atoms with E-state index < -0.39 is 0 Å². The van der Waals surface area contributed by atoms with Gasteiger partial charge in [0.1, 0.15) is 0 Å². The van der Waals surface area contributed by atoms with Crippen molar-refractivity contribution >= 4 is 11.6 Å². The zero-order valence-electron chi connectivity index (χ0n) is 10.8. The Morgan fingerprint density at radius 1 is 1.32 bits per heavy atom. The van der Waals surface area contributed by atoms with Crippen LogP contribution in [0, 0.1) is 0 Å². The summed E-state index contributed by atoms with van der Waals surface area (Å²) in [5.41, 5.74) is 7.73. The molecule has 1 saturated carbocycles. The second-order valence-corrected chi connectivity index (χ2v) is 4.88. The lowest BCUT2D eigenvalue weighted by Gasteiger charge is -2.14. The minimum atomic E-state index is -0.0169. The Hall–Kier alpha value is -2.30. The van der Waals surface area contributed by atoms with Crippen molar-refractivity contribution in [3.63, 3.8) is 0 Å². The average molecular weight is 256 g/mol. The number of hydrogen-bond acceptors (Lipinski definition) is 3. The molecule has 0 radical (unpaired) electrons. The molecule has 0 unspecified atom stereocenters. The summed E-state index contributed by atoms with van der Waals surface area (Å²) in [5.74, 6) is -0.0169. The third-order valence-corrected chi connectivity index (χ3v) is 3.38. The van der Waals surface area contributed by atoms with Gasteiger partial charge in [-0.2, -0.15) is 5.10 Å². The second kappa shape index (κ2) is 4.42. The Labute approximate surface area is 111 Å². The SMILES string of the molecule is CN(C(=O)c1ccn(-c2ccc(N)cc2)n1)C1CC1. The second-order valence-electron chi connectivity index (χ2n) is 4.88. The van der Waals surface area contributed by atoms with Crippen LogP contribution in [0.25, 0.3) is 5.69 Å². The molecule has 1 aromatic heterocycles. The Morgan fingerprint density at radius 2 is 2.00 bits per heavy atom. The van der Waals surface area contributed by atoms with E-state index in [9.17, 15) is 4.79 Å². The zero-order valence-corrected chi connectivity index (χ0v) is 10.8. The van der Waals surface area contributed by atoms with Crippen LogP contribution in [0.2, 0.25) is 0 Å². The number of carbonyl (C=O) groups excluding carboxylic acids is 1. The van der Waals surface area contributed by atoms with Gasteiger partial charge in [0.15, 0.2) is 5.69 Å². The number of aromatic nitrogens is 2. The molecule has 2 aromatic rings. The van der Waals surface area contributed by atoms with E-state index >= 15 is 0 Å². The lowest BCUT2D eigenvalue weighted by molar-refractivity contribution is 0.0779. The van der Waals surface area contributed by atoms with Gasteiger partial charge in [0.2, 0.25) is 0 Å². The summed E-state index contributed by atoms with van der Waals surface area (Å²) in [4.78, 5) is 13.9. The van der Waals surface area contributed by atoms with Crippen LogP contribution in [-0.2, 0) is 0 Å². The van der Waals surface area contributed by atoms with Gasteiger partial charge in [0.25, 0.3) is 5.91 Å². The molecule has 1 aliphatic carbocycles. The fourth-order valence-electron chi connectivity index (χ4n) is 2.02. The van der Waals surface area contributed by atoms with Gasteiger partial charge in [-0.25, -0.2) is 4.68 Å². The molecule has 1 aromatic carbocycles. The first-order chi connectivity index (χ1) is 9.15. The minimum absolute atomic E-state index is 0.0169. The van der Waals surface area contributed by atoms with E-state index in [1.165, 1.54) is 0 Å². The van der Waals surface area contributed by atoms with E-state index in [-0.39, 0.29) is 5.91 Å². The van der Waals surface area contributed by atoms with E-state index in [1.807, 2.05) is 31.3 Å².